The van der Waals surface area contributed by atoms with Gasteiger partial charge in [0, 0.05) is 31.1 Å². The van der Waals surface area contributed by atoms with Crippen molar-refractivity contribution in [3.8, 4) is 5.75 Å². The molecule has 4 nitrogen and oxygen atoms in total. The van der Waals surface area contributed by atoms with E-state index in [0.717, 1.165) is 12.8 Å². The Hall–Kier alpha value is -1.92. The third-order valence-electron chi connectivity index (χ3n) is 3.60. The summed E-state index contributed by atoms with van der Waals surface area (Å²) < 4.78 is 50.5. The number of hydrogen-bond acceptors (Lipinski definition) is 3. The fourth-order valence-corrected chi connectivity index (χ4v) is 2.56. The largest absolute Gasteiger partial charge is 0.487 e. The number of benzene rings is 1. The maximum atomic E-state index is 13.6. The number of hydrogen-bond donors (Lipinski definition) is 0. The van der Waals surface area contributed by atoms with Gasteiger partial charge in [-0.2, -0.15) is 0 Å². The Labute approximate surface area is 139 Å². The molecule has 1 saturated heterocycles. The van der Waals surface area contributed by atoms with Gasteiger partial charge in [0.05, 0.1) is 6.61 Å². The number of likely N-dealkylation sites (tertiary alicyclic amines) is 1. The van der Waals surface area contributed by atoms with Crippen molar-refractivity contribution in [1.29, 1.82) is 0 Å². The number of amides is 1. The second-order valence-electron chi connectivity index (χ2n) is 6.94. The first-order chi connectivity index (χ1) is 11.2. The van der Waals surface area contributed by atoms with Crippen LogP contribution in [-0.4, -0.2) is 36.3 Å². The molecule has 134 valence electrons. The third-order valence-corrected chi connectivity index (χ3v) is 3.60. The van der Waals surface area contributed by atoms with Gasteiger partial charge in [-0.3, -0.25) is 0 Å². The van der Waals surface area contributed by atoms with Gasteiger partial charge in [0.15, 0.2) is 17.4 Å². The molecule has 0 saturated carbocycles. The summed E-state index contributed by atoms with van der Waals surface area (Å²) in [6.07, 6.45) is 1.11. The van der Waals surface area contributed by atoms with Gasteiger partial charge >= 0.3 is 6.09 Å². The normalized spacial score (nSPS) is 18.4. The fourth-order valence-electron chi connectivity index (χ4n) is 2.56. The fraction of sp³-hybridized carbons (Fsp3) is 0.588. The molecule has 1 heterocycles. The summed E-state index contributed by atoms with van der Waals surface area (Å²) in [6.45, 7) is 6.36. The van der Waals surface area contributed by atoms with Crippen molar-refractivity contribution in [2.75, 3.05) is 19.7 Å². The standard InChI is InChI=1S/C17H22F3NO3/c1-17(2,3)24-16(22)21-6-4-5-11(9-21)10-23-15-13(19)7-12(18)8-14(15)20/h7-8,11H,4-6,9-10H2,1-3H3/t11-/m0/s1. The Balaban J connectivity index is 1.93. The third kappa shape index (κ3) is 5.04. The van der Waals surface area contributed by atoms with Crippen molar-refractivity contribution in [3.05, 3.63) is 29.6 Å². The Morgan fingerprint density at radius 1 is 1.25 bits per heavy atom. The summed E-state index contributed by atoms with van der Waals surface area (Å²) in [7, 11) is 0. The number of carbonyl (C=O) groups is 1. The predicted octanol–water partition coefficient (Wildman–Crippen LogP) is 4.13. The van der Waals surface area contributed by atoms with Gasteiger partial charge < -0.3 is 14.4 Å². The highest BCUT2D eigenvalue weighted by Crippen LogP contribution is 2.25. The highest BCUT2D eigenvalue weighted by molar-refractivity contribution is 5.68. The van der Waals surface area contributed by atoms with E-state index in [1.165, 1.54) is 0 Å². The molecule has 1 aliphatic heterocycles. The molecule has 1 aromatic carbocycles. The Bertz CT molecular complexity index is 578. The van der Waals surface area contributed by atoms with Crippen LogP contribution >= 0.6 is 0 Å². The summed E-state index contributed by atoms with van der Waals surface area (Å²) in [5, 5.41) is 0. The molecule has 0 aromatic heterocycles. The minimum Gasteiger partial charge on any atom is -0.487 e. The lowest BCUT2D eigenvalue weighted by atomic mass is 9.99. The number of halogens is 3. The minimum atomic E-state index is -1.08. The van der Waals surface area contributed by atoms with Crippen molar-refractivity contribution < 1.29 is 27.4 Å². The van der Waals surface area contributed by atoms with Crippen molar-refractivity contribution in [3.63, 3.8) is 0 Å². The van der Waals surface area contributed by atoms with Gasteiger partial charge in [-0.05, 0) is 33.6 Å². The Morgan fingerprint density at radius 2 is 1.88 bits per heavy atom. The predicted molar refractivity (Wildman–Crippen MR) is 82.3 cm³/mol. The molecule has 24 heavy (non-hydrogen) atoms. The lowest BCUT2D eigenvalue weighted by Crippen LogP contribution is -2.44. The quantitative estimate of drug-likeness (QED) is 0.827. The second-order valence-corrected chi connectivity index (χ2v) is 6.94. The Morgan fingerprint density at radius 3 is 2.46 bits per heavy atom. The van der Waals surface area contributed by atoms with E-state index >= 15 is 0 Å². The van der Waals surface area contributed by atoms with Crippen molar-refractivity contribution in [2.45, 2.75) is 39.2 Å². The monoisotopic (exact) mass is 345 g/mol. The molecule has 0 radical (unpaired) electrons. The second kappa shape index (κ2) is 7.32. The van der Waals surface area contributed by atoms with Gasteiger partial charge in [-0.1, -0.05) is 0 Å². The number of carbonyl (C=O) groups excluding carboxylic acids is 1. The van der Waals surface area contributed by atoms with Crippen LogP contribution in [0.4, 0.5) is 18.0 Å². The summed E-state index contributed by atoms with van der Waals surface area (Å²) in [4.78, 5) is 13.7. The molecular weight excluding hydrogens is 323 g/mol. The van der Waals surface area contributed by atoms with E-state index in [1.54, 1.807) is 25.7 Å². The molecule has 1 amide bonds. The summed E-state index contributed by atoms with van der Waals surface area (Å²) in [5.74, 6) is -3.81. The zero-order valence-electron chi connectivity index (χ0n) is 14.1. The van der Waals surface area contributed by atoms with Gasteiger partial charge in [-0.15, -0.1) is 0 Å². The molecular formula is C17H22F3NO3. The maximum absolute atomic E-state index is 13.6. The maximum Gasteiger partial charge on any atom is 0.410 e. The molecule has 1 atom stereocenters. The zero-order valence-corrected chi connectivity index (χ0v) is 14.1. The van der Waals surface area contributed by atoms with Gasteiger partial charge in [0.2, 0.25) is 0 Å². The smallest absolute Gasteiger partial charge is 0.410 e. The molecule has 0 aliphatic carbocycles. The molecule has 1 aliphatic rings. The number of ether oxygens (including phenoxy) is 2. The molecule has 0 bridgehead atoms. The van der Waals surface area contributed by atoms with E-state index in [1.807, 2.05) is 0 Å². The van der Waals surface area contributed by atoms with Crippen molar-refractivity contribution >= 4 is 6.09 Å². The summed E-state index contributed by atoms with van der Waals surface area (Å²) in [6, 6.07) is 1.15. The van der Waals surface area contributed by atoms with Crippen LogP contribution in [0.15, 0.2) is 12.1 Å². The highest BCUT2D eigenvalue weighted by Gasteiger charge is 2.28. The van der Waals surface area contributed by atoms with Crippen LogP contribution in [0.2, 0.25) is 0 Å². The van der Waals surface area contributed by atoms with Gasteiger partial charge in [0.1, 0.15) is 11.4 Å². The summed E-state index contributed by atoms with van der Waals surface area (Å²) in [5.41, 5.74) is -0.582. The lowest BCUT2D eigenvalue weighted by Gasteiger charge is -2.34. The van der Waals surface area contributed by atoms with Crippen molar-refractivity contribution in [1.82, 2.24) is 4.90 Å². The molecule has 7 heteroatoms. The van der Waals surface area contributed by atoms with Gasteiger partial charge in [-0.25, -0.2) is 18.0 Å². The number of rotatable bonds is 3. The Kier molecular flexibility index (Phi) is 5.62. The van der Waals surface area contributed by atoms with Crippen LogP contribution in [0.25, 0.3) is 0 Å². The number of piperidine rings is 1. The SMILES string of the molecule is CC(C)(C)OC(=O)N1CCC[C@H](COc2c(F)cc(F)cc2F)C1. The van der Waals surface area contributed by atoms with E-state index in [0.29, 0.717) is 25.2 Å². The van der Waals surface area contributed by atoms with E-state index in [9.17, 15) is 18.0 Å². The average molecular weight is 345 g/mol. The molecule has 1 fully saturated rings. The molecule has 2 rings (SSSR count). The van der Waals surface area contributed by atoms with Crippen LogP contribution in [0.1, 0.15) is 33.6 Å². The van der Waals surface area contributed by atoms with Crippen LogP contribution in [-0.2, 0) is 4.74 Å². The van der Waals surface area contributed by atoms with E-state index in [4.69, 9.17) is 9.47 Å². The average Bonchev–Trinajstić information content (AvgIpc) is 2.44. The van der Waals surface area contributed by atoms with Crippen LogP contribution in [0, 0.1) is 23.4 Å². The van der Waals surface area contributed by atoms with Crippen molar-refractivity contribution in [2.24, 2.45) is 5.92 Å². The zero-order chi connectivity index (χ0) is 17.9. The molecule has 0 spiro atoms. The van der Waals surface area contributed by atoms with Crippen LogP contribution in [0.5, 0.6) is 5.75 Å². The molecule has 0 N–H and O–H groups in total. The molecule has 0 unspecified atom stereocenters. The minimum absolute atomic E-state index is 0.0404. The highest BCUT2D eigenvalue weighted by atomic mass is 19.1. The summed E-state index contributed by atoms with van der Waals surface area (Å²) >= 11 is 0. The van der Waals surface area contributed by atoms with E-state index in [-0.39, 0.29) is 12.5 Å². The topological polar surface area (TPSA) is 38.8 Å². The first-order valence-corrected chi connectivity index (χ1v) is 7.91. The van der Waals surface area contributed by atoms with Crippen LogP contribution < -0.4 is 4.74 Å². The number of nitrogens with zero attached hydrogens (tertiary/aromatic N) is 1. The lowest BCUT2D eigenvalue weighted by molar-refractivity contribution is 0.0137. The van der Waals surface area contributed by atoms with Crippen LogP contribution in [0.3, 0.4) is 0 Å². The first kappa shape index (κ1) is 18.4. The molecule has 1 aromatic rings. The van der Waals surface area contributed by atoms with E-state index in [2.05, 4.69) is 0 Å². The first-order valence-electron chi connectivity index (χ1n) is 7.91. The van der Waals surface area contributed by atoms with Gasteiger partial charge in [0.25, 0.3) is 0 Å². The van der Waals surface area contributed by atoms with E-state index < -0.39 is 34.9 Å².